The molecule has 150 valence electrons. The maximum atomic E-state index is 12.9. The Morgan fingerprint density at radius 1 is 1.00 bits per heavy atom. The van der Waals surface area contributed by atoms with Crippen LogP contribution in [0.2, 0.25) is 0 Å². The fraction of sp³-hybridized carbons (Fsp3) is 0.368. The maximum absolute atomic E-state index is 12.9. The molecule has 0 aliphatic carbocycles. The summed E-state index contributed by atoms with van der Waals surface area (Å²) < 4.78 is 27.1. The Hall–Kier alpha value is -2.49. The van der Waals surface area contributed by atoms with Gasteiger partial charge in [-0.3, -0.25) is 10.1 Å². The predicted octanol–water partition coefficient (Wildman–Crippen LogP) is 2.89. The minimum Gasteiger partial charge on any atom is -0.350 e. The molecular weight excluding hydrogens is 380 g/mol. The van der Waals surface area contributed by atoms with E-state index < -0.39 is 14.9 Å². The Morgan fingerprint density at radius 2 is 1.68 bits per heavy atom. The van der Waals surface area contributed by atoms with E-state index in [1.807, 2.05) is 44.0 Å². The number of anilines is 2. The van der Waals surface area contributed by atoms with Gasteiger partial charge in [-0.1, -0.05) is 6.07 Å². The van der Waals surface area contributed by atoms with Crippen molar-refractivity contribution in [2.24, 2.45) is 0 Å². The molecule has 1 N–H and O–H groups in total. The fourth-order valence-electron chi connectivity index (χ4n) is 3.08. The van der Waals surface area contributed by atoms with Crippen LogP contribution in [0.5, 0.6) is 0 Å². The number of sulfonamides is 1. The molecule has 0 spiro atoms. The highest BCUT2D eigenvalue weighted by molar-refractivity contribution is 7.89. The van der Waals surface area contributed by atoms with Crippen molar-refractivity contribution in [1.29, 1.82) is 0 Å². The molecule has 2 aromatic rings. The van der Waals surface area contributed by atoms with Gasteiger partial charge in [-0.2, -0.15) is 4.31 Å². The Balaban J connectivity index is 1.92. The van der Waals surface area contributed by atoms with Crippen LogP contribution >= 0.6 is 0 Å². The summed E-state index contributed by atoms with van der Waals surface area (Å²) in [6.45, 7) is 5.95. The smallest absolute Gasteiger partial charge is 0.294 e. The number of hydrogen-bond donors (Lipinski definition) is 1. The van der Waals surface area contributed by atoms with Gasteiger partial charge in [0.2, 0.25) is 10.0 Å². The number of nitro benzene ring substituents is 1. The van der Waals surface area contributed by atoms with Crippen molar-refractivity contribution in [2.75, 3.05) is 38.5 Å². The van der Waals surface area contributed by atoms with Crippen LogP contribution in [-0.4, -0.2) is 55.8 Å². The molecule has 0 amide bonds. The molecule has 28 heavy (non-hydrogen) atoms. The molecule has 1 aliphatic heterocycles. The normalized spacial score (nSPS) is 16.1. The van der Waals surface area contributed by atoms with E-state index in [0.717, 1.165) is 17.2 Å². The molecule has 0 saturated carbocycles. The zero-order valence-corrected chi connectivity index (χ0v) is 17.0. The van der Waals surface area contributed by atoms with Crippen LogP contribution < -0.4 is 5.32 Å². The second-order valence-electron chi connectivity index (χ2n) is 7.07. The fourth-order valence-corrected chi connectivity index (χ4v) is 4.52. The minimum atomic E-state index is -3.77. The highest BCUT2D eigenvalue weighted by Gasteiger charge is 2.29. The van der Waals surface area contributed by atoms with Gasteiger partial charge in [0.15, 0.2) is 0 Å². The van der Waals surface area contributed by atoms with Crippen molar-refractivity contribution in [3.8, 4) is 0 Å². The van der Waals surface area contributed by atoms with Crippen LogP contribution in [0.15, 0.2) is 41.3 Å². The Kier molecular flexibility index (Phi) is 5.69. The summed E-state index contributed by atoms with van der Waals surface area (Å²) in [5, 5.41) is 14.6. The lowest BCUT2D eigenvalue weighted by atomic mass is 10.1. The van der Waals surface area contributed by atoms with Gasteiger partial charge in [0.05, 0.1) is 9.82 Å². The summed E-state index contributed by atoms with van der Waals surface area (Å²) in [4.78, 5) is 13.0. The topological polar surface area (TPSA) is 95.8 Å². The van der Waals surface area contributed by atoms with E-state index >= 15 is 0 Å². The van der Waals surface area contributed by atoms with Gasteiger partial charge >= 0.3 is 0 Å². The van der Waals surface area contributed by atoms with Crippen molar-refractivity contribution in [3.05, 3.63) is 57.6 Å². The molecule has 1 aliphatic rings. The summed E-state index contributed by atoms with van der Waals surface area (Å²) >= 11 is 0. The van der Waals surface area contributed by atoms with Crippen LogP contribution in [0, 0.1) is 24.0 Å². The summed E-state index contributed by atoms with van der Waals surface area (Å²) in [5.74, 6) is 0. The highest BCUT2D eigenvalue weighted by Crippen LogP contribution is 2.32. The number of aryl methyl sites for hydroxylation is 2. The highest BCUT2D eigenvalue weighted by atomic mass is 32.2. The summed E-state index contributed by atoms with van der Waals surface area (Å²) in [6.07, 6.45) is 0. The molecule has 0 unspecified atom stereocenters. The first-order chi connectivity index (χ1) is 13.2. The first-order valence-corrected chi connectivity index (χ1v) is 10.4. The number of rotatable bonds is 5. The predicted molar refractivity (Wildman–Crippen MR) is 109 cm³/mol. The van der Waals surface area contributed by atoms with E-state index in [2.05, 4.69) is 5.32 Å². The number of hydrogen-bond acceptors (Lipinski definition) is 6. The summed E-state index contributed by atoms with van der Waals surface area (Å²) in [7, 11) is -1.84. The third kappa shape index (κ3) is 4.16. The number of likely N-dealkylation sites (N-methyl/N-ethyl adjacent to an activating group) is 1. The SMILES string of the molecule is Cc1ccc(Nc2ccc(S(=O)(=O)N3CCN(C)CC3)cc2[N+](=O)[O-])cc1C. The molecule has 0 atom stereocenters. The van der Waals surface area contributed by atoms with E-state index in [0.29, 0.717) is 31.9 Å². The van der Waals surface area contributed by atoms with Crippen LogP contribution in [0.3, 0.4) is 0 Å². The quantitative estimate of drug-likeness (QED) is 0.608. The van der Waals surface area contributed by atoms with Crippen molar-refractivity contribution in [1.82, 2.24) is 9.21 Å². The second-order valence-corrected chi connectivity index (χ2v) is 9.01. The van der Waals surface area contributed by atoms with Crippen molar-refractivity contribution < 1.29 is 13.3 Å². The van der Waals surface area contributed by atoms with Crippen molar-refractivity contribution in [2.45, 2.75) is 18.7 Å². The molecule has 1 heterocycles. The molecular formula is C19H24N4O4S. The van der Waals surface area contributed by atoms with Crippen LogP contribution in [0.25, 0.3) is 0 Å². The summed E-state index contributed by atoms with van der Waals surface area (Å²) in [5.41, 5.74) is 2.87. The molecule has 2 aromatic carbocycles. The number of nitro groups is 1. The van der Waals surface area contributed by atoms with E-state index in [1.54, 1.807) is 0 Å². The number of piperazine rings is 1. The van der Waals surface area contributed by atoms with E-state index in [1.165, 1.54) is 16.4 Å². The molecule has 8 nitrogen and oxygen atoms in total. The zero-order chi connectivity index (χ0) is 20.5. The summed E-state index contributed by atoms with van der Waals surface area (Å²) in [6, 6.07) is 9.67. The molecule has 1 fully saturated rings. The average Bonchev–Trinajstić information content (AvgIpc) is 2.65. The largest absolute Gasteiger partial charge is 0.350 e. The van der Waals surface area contributed by atoms with E-state index in [-0.39, 0.29) is 16.3 Å². The first kappa shape index (κ1) is 20.2. The van der Waals surface area contributed by atoms with Crippen molar-refractivity contribution in [3.63, 3.8) is 0 Å². The lowest BCUT2D eigenvalue weighted by Crippen LogP contribution is -2.47. The Morgan fingerprint density at radius 3 is 2.29 bits per heavy atom. The third-order valence-electron chi connectivity index (χ3n) is 5.05. The van der Waals surface area contributed by atoms with Gasteiger partial charge in [-0.05, 0) is 56.3 Å². The van der Waals surface area contributed by atoms with Gasteiger partial charge in [0, 0.05) is 37.9 Å². The van der Waals surface area contributed by atoms with Gasteiger partial charge in [0.25, 0.3) is 5.69 Å². The Labute approximate surface area is 165 Å². The zero-order valence-electron chi connectivity index (χ0n) is 16.2. The molecule has 3 rings (SSSR count). The van der Waals surface area contributed by atoms with Crippen LogP contribution in [-0.2, 0) is 10.0 Å². The lowest BCUT2D eigenvalue weighted by molar-refractivity contribution is -0.384. The van der Waals surface area contributed by atoms with E-state index in [4.69, 9.17) is 0 Å². The molecule has 0 radical (unpaired) electrons. The number of benzene rings is 2. The molecule has 0 bridgehead atoms. The average molecular weight is 404 g/mol. The molecule has 1 saturated heterocycles. The lowest BCUT2D eigenvalue weighted by Gasteiger charge is -2.31. The second kappa shape index (κ2) is 7.86. The minimum absolute atomic E-state index is 0.0608. The molecule has 0 aromatic heterocycles. The van der Waals surface area contributed by atoms with E-state index in [9.17, 15) is 18.5 Å². The van der Waals surface area contributed by atoms with Gasteiger partial charge in [0.1, 0.15) is 5.69 Å². The number of nitrogens with one attached hydrogen (secondary N) is 1. The van der Waals surface area contributed by atoms with Gasteiger partial charge < -0.3 is 10.2 Å². The standard InChI is InChI=1S/C19H24N4O4S/c1-14-4-5-16(12-15(14)2)20-18-7-6-17(13-19(18)23(24)25)28(26,27)22-10-8-21(3)9-11-22/h4-7,12-13,20H,8-11H2,1-3H3. The number of nitrogens with zero attached hydrogens (tertiary/aromatic N) is 3. The monoisotopic (exact) mass is 404 g/mol. The Bertz CT molecular complexity index is 999. The third-order valence-corrected chi connectivity index (χ3v) is 6.95. The van der Waals surface area contributed by atoms with Gasteiger partial charge in [-0.15, -0.1) is 0 Å². The first-order valence-electron chi connectivity index (χ1n) is 9.00. The van der Waals surface area contributed by atoms with Crippen molar-refractivity contribution >= 4 is 27.1 Å². The van der Waals surface area contributed by atoms with Crippen LogP contribution in [0.4, 0.5) is 17.1 Å². The van der Waals surface area contributed by atoms with Crippen LogP contribution in [0.1, 0.15) is 11.1 Å². The molecule has 9 heteroatoms. The van der Waals surface area contributed by atoms with Gasteiger partial charge in [-0.25, -0.2) is 8.42 Å². The maximum Gasteiger partial charge on any atom is 0.294 e.